The highest BCUT2D eigenvalue weighted by Gasteiger charge is 2.48. The molecule has 0 saturated heterocycles. The van der Waals surface area contributed by atoms with Crippen LogP contribution in [0, 0.1) is 0 Å². The van der Waals surface area contributed by atoms with Crippen LogP contribution >= 0.6 is 0 Å². The Kier molecular flexibility index (Phi) is 11.1. The zero-order valence-corrected chi connectivity index (χ0v) is 36.5. The molecule has 2 aliphatic carbocycles. The van der Waals surface area contributed by atoms with Crippen molar-refractivity contribution in [2.24, 2.45) is 0 Å². The summed E-state index contributed by atoms with van der Waals surface area (Å²) in [6.45, 7) is 5.64. The van der Waals surface area contributed by atoms with E-state index in [0.29, 0.717) is 11.3 Å². The Morgan fingerprint density at radius 1 is 0.742 bits per heavy atom. The minimum Gasteiger partial charge on any atom is -0.497 e. The number of carbonyl (C=O) groups excluding carboxylic acids is 1. The number of benzene rings is 6. The Bertz CT molecular complexity index is 2670. The average Bonchev–Trinajstić information content (AvgIpc) is 3.59. The molecular formula is C55H55NO6. The predicted molar refractivity (Wildman–Crippen MR) is 250 cm³/mol. The zero-order valence-electron chi connectivity index (χ0n) is 36.5. The maximum atomic E-state index is 11.9. The number of hydrogen-bond acceptors (Lipinski definition) is 7. The second-order valence-electron chi connectivity index (χ2n) is 17.1. The lowest BCUT2D eigenvalue weighted by Crippen LogP contribution is -2.35. The van der Waals surface area contributed by atoms with Crippen molar-refractivity contribution in [1.82, 2.24) is 0 Å². The molecule has 1 saturated carbocycles. The number of hydrogen-bond donors (Lipinski definition) is 0. The summed E-state index contributed by atoms with van der Waals surface area (Å²) in [7, 11) is 7.58. The van der Waals surface area contributed by atoms with Gasteiger partial charge in [0.15, 0.2) is 5.60 Å². The molecule has 62 heavy (non-hydrogen) atoms. The number of fused-ring (bicyclic) bond motifs is 10. The fourth-order valence-electron chi connectivity index (χ4n) is 10.1. The van der Waals surface area contributed by atoms with Crippen molar-refractivity contribution in [1.29, 1.82) is 0 Å². The normalized spacial score (nSPS) is 17.2. The van der Waals surface area contributed by atoms with Crippen LogP contribution in [0.5, 0.6) is 23.0 Å². The lowest BCUT2D eigenvalue weighted by Gasteiger charge is -2.40. The number of methoxy groups -OCH3 is 2. The molecule has 0 aromatic heterocycles. The second-order valence-corrected chi connectivity index (χ2v) is 17.1. The van der Waals surface area contributed by atoms with Gasteiger partial charge < -0.3 is 28.6 Å². The summed E-state index contributed by atoms with van der Waals surface area (Å²) in [5, 5.41) is 2.17. The molecule has 0 amide bonds. The van der Waals surface area contributed by atoms with E-state index < -0.39 is 11.6 Å². The van der Waals surface area contributed by atoms with E-state index in [-0.39, 0.29) is 18.6 Å². The summed E-state index contributed by atoms with van der Waals surface area (Å²) in [6.07, 6.45) is 12.9. The van der Waals surface area contributed by atoms with E-state index in [1.54, 1.807) is 21.1 Å². The molecule has 3 aliphatic rings. The van der Waals surface area contributed by atoms with Gasteiger partial charge in [0.1, 0.15) is 36.2 Å². The predicted octanol–water partition coefficient (Wildman–Crippen LogP) is 12.4. The number of nitrogens with zero attached hydrogens (tertiary/aromatic N) is 1. The molecule has 6 aromatic rings. The minimum atomic E-state index is -1.01. The van der Waals surface area contributed by atoms with E-state index in [1.807, 2.05) is 24.3 Å². The third-order valence-electron chi connectivity index (χ3n) is 13.2. The van der Waals surface area contributed by atoms with Crippen molar-refractivity contribution in [2.75, 3.05) is 46.4 Å². The smallest absolute Gasteiger partial charge is 0.333 e. The summed E-state index contributed by atoms with van der Waals surface area (Å²) < 4.78 is 31.0. The molecule has 1 heterocycles. The van der Waals surface area contributed by atoms with Gasteiger partial charge in [-0.2, -0.15) is 0 Å². The van der Waals surface area contributed by atoms with Crippen LogP contribution in [-0.4, -0.2) is 47.5 Å². The molecule has 9 rings (SSSR count). The van der Waals surface area contributed by atoms with Gasteiger partial charge in [0.05, 0.1) is 14.2 Å². The van der Waals surface area contributed by atoms with Gasteiger partial charge >= 0.3 is 5.97 Å². The molecule has 0 N–H and O–H groups in total. The van der Waals surface area contributed by atoms with E-state index in [0.717, 1.165) is 74.4 Å². The van der Waals surface area contributed by atoms with Crippen molar-refractivity contribution in [3.8, 4) is 45.3 Å². The molecule has 316 valence electrons. The van der Waals surface area contributed by atoms with Gasteiger partial charge in [-0.25, -0.2) is 4.79 Å². The first-order valence-electron chi connectivity index (χ1n) is 21.9. The average molecular weight is 826 g/mol. The molecule has 1 unspecified atom stereocenters. The van der Waals surface area contributed by atoms with Gasteiger partial charge in [-0.05, 0) is 108 Å². The standard InChI is InChI=1S/C55H55NO6/c1-36(2)53(57)61-33-32-60-42-26-20-39(21-27-42)55(38-18-24-41(58-5)25-19-38)31-28-44-51-50(43-14-10-11-15-48(43)54(51)29-12-8-7-9-13-30-54)46-35-49(59-6)45(34-47(46)52(44)62-55)37-16-22-40(23-17-37)56(3)4/h10-11,14-28,31,34-35H,1,7-9,12-13,29-30,32-33H2,2-6H3. The maximum absolute atomic E-state index is 11.9. The van der Waals surface area contributed by atoms with Crippen molar-refractivity contribution in [2.45, 2.75) is 62.9 Å². The van der Waals surface area contributed by atoms with Crippen LogP contribution in [-0.2, 0) is 20.5 Å². The molecule has 1 fully saturated rings. The van der Waals surface area contributed by atoms with E-state index in [9.17, 15) is 4.79 Å². The molecule has 0 bridgehead atoms. The van der Waals surface area contributed by atoms with Gasteiger partial charge in [-0.3, -0.25) is 0 Å². The lowest BCUT2D eigenvalue weighted by molar-refractivity contribution is -0.139. The van der Waals surface area contributed by atoms with Gasteiger partial charge in [0.25, 0.3) is 0 Å². The molecule has 0 radical (unpaired) electrons. The van der Waals surface area contributed by atoms with Crippen molar-refractivity contribution < 1.29 is 28.5 Å². The monoisotopic (exact) mass is 825 g/mol. The maximum Gasteiger partial charge on any atom is 0.333 e. The molecule has 1 aliphatic heterocycles. The number of anilines is 1. The van der Waals surface area contributed by atoms with E-state index in [4.69, 9.17) is 23.7 Å². The van der Waals surface area contributed by atoms with Crippen LogP contribution in [0.15, 0.2) is 127 Å². The van der Waals surface area contributed by atoms with Crippen LogP contribution in [0.3, 0.4) is 0 Å². The first-order valence-corrected chi connectivity index (χ1v) is 21.9. The summed E-state index contributed by atoms with van der Waals surface area (Å²) in [4.78, 5) is 14.0. The molecule has 1 spiro atoms. The fraction of sp³-hybridized carbons (Fsp3) is 0.291. The number of esters is 1. The first-order chi connectivity index (χ1) is 30.2. The molecule has 7 heteroatoms. The van der Waals surface area contributed by atoms with E-state index >= 15 is 0 Å². The topological polar surface area (TPSA) is 66.5 Å². The van der Waals surface area contributed by atoms with Crippen LogP contribution in [0.4, 0.5) is 5.69 Å². The Morgan fingerprint density at radius 2 is 1.40 bits per heavy atom. The fourth-order valence-corrected chi connectivity index (χ4v) is 10.1. The number of carbonyl (C=O) groups is 1. The molecule has 7 nitrogen and oxygen atoms in total. The summed E-state index contributed by atoms with van der Waals surface area (Å²) in [5.41, 5.74) is 10.9. The zero-order chi connectivity index (χ0) is 43.0. The van der Waals surface area contributed by atoms with Crippen LogP contribution in [0.1, 0.15) is 79.7 Å². The third kappa shape index (κ3) is 7.07. The summed E-state index contributed by atoms with van der Waals surface area (Å²) in [6, 6.07) is 38.6. The molecular weight excluding hydrogens is 771 g/mol. The highest BCUT2D eigenvalue weighted by atomic mass is 16.6. The van der Waals surface area contributed by atoms with E-state index in [2.05, 4.69) is 123 Å². The SMILES string of the molecule is C=C(C)C(=O)OCCOc1ccc(C2(c3ccc(OC)cc3)C=Cc3c4c(c5cc(OC)c(-c6ccc(N(C)C)cc6)cc5c3O2)-c2ccccc2C42CCCCCCC2)cc1. The van der Waals surface area contributed by atoms with E-state index in [1.165, 1.54) is 54.4 Å². The van der Waals surface area contributed by atoms with Crippen molar-refractivity contribution >= 4 is 28.5 Å². The summed E-state index contributed by atoms with van der Waals surface area (Å²) in [5.74, 6) is 2.69. The Hall–Kier alpha value is -6.47. The van der Waals surface area contributed by atoms with Crippen molar-refractivity contribution in [3.63, 3.8) is 0 Å². The van der Waals surface area contributed by atoms with Crippen molar-refractivity contribution in [3.05, 3.63) is 155 Å². The minimum absolute atomic E-state index is 0.126. The van der Waals surface area contributed by atoms with Crippen LogP contribution < -0.4 is 23.8 Å². The summed E-state index contributed by atoms with van der Waals surface area (Å²) >= 11 is 0. The van der Waals surface area contributed by atoms with Gasteiger partial charge in [0.2, 0.25) is 0 Å². The van der Waals surface area contributed by atoms with Crippen LogP contribution in [0.2, 0.25) is 0 Å². The Morgan fingerprint density at radius 3 is 2.05 bits per heavy atom. The molecule has 1 atom stereocenters. The highest BCUT2D eigenvalue weighted by Crippen LogP contribution is 2.62. The number of rotatable bonds is 11. The van der Waals surface area contributed by atoms with Gasteiger partial charge in [-0.15, -0.1) is 0 Å². The molecule has 6 aromatic carbocycles. The largest absolute Gasteiger partial charge is 0.497 e. The quantitative estimate of drug-likeness (QED) is 0.0732. The first kappa shape index (κ1) is 40.9. The van der Waals surface area contributed by atoms with Gasteiger partial charge in [-0.1, -0.05) is 105 Å². The lowest BCUT2D eigenvalue weighted by atomic mass is 9.67. The number of ether oxygens (including phenoxy) is 5. The Balaban J connectivity index is 1.26. The third-order valence-corrected chi connectivity index (χ3v) is 13.2. The Labute approximate surface area is 365 Å². The highest BCUT2D eigenvalue weighted by molar-refractivity contribution is 6.10. The van der Waals surface area contributed by atoms with Crippen LogP contribution in [0.25, 0.3) is 39.1 Å². The second kappa shape index (κ2) is 16.8. The van der Waals surface area contributed by atoms with Gasteiger partial charge in [0, 0.05) is 58.4 Å².